The van der Waals surface area contributed by atoms with Crippen LogP contribution in [0.1, 0.15) is 42.7 Å². The number of nitrogens with zero attached hydrogens (tertiary/aromatic N) is 4. The molecule has 1 N–H and O–H groups in total. The molecule has 2 aromatic heterocycles. The molecule has 1 aromatic carbocycles. The lowest BCUT2D eigenvalue weighted by Gasteiger charge is -2.30. The largest absolute Gasteiger partial charge is 0.352 e. The van der Waals surface area contributed by atoms with Crippen molar-refractivity contribution in [1.29, 1.82) is 0 Å². The first-order valence-corrected chi connectivity index (χ1v) is 12.8. The van der Waals surface area contributed by atoms with Crippen LogP contribution in [0.25, 0.3) is 10.7 Å². The van der Waals surface area contributed by atoms with Gasteiger partial charge in [-0.15, -0.1) is 11.3 Å². The highest BCUT2D eigenvalue weighted by Gasteiger charge is 2.26. The minimum Gasteiger partial charge on any atom is -0.352 e. The molecule has 0 bridgehead atoms. The van der Waals surface area contributed by atoms with Gasteiger partial charge in [0.1, 0.15) is 0 Å². The molecule has 7 nitrogen and oxygen atoms in total. The van der Waals surface area contributed by atoms with E-state index in [1.54, 1.807) is 11.3 Å². The smallest absolute Gasteiger partial charge is 0.241 e. The Bertz CT molecular complexity index is 1040. The van der Waals surface area contributed by atoms with E-state index in [0.717, 1.165) is 37.4 Å². The molecule has 0 atom stereocenters. The van der Waals surface area contributed by atoms with Crippen molar-refractivity contribution in [2.24, 2.45) is 5.92 Å². The van der Waals surface area contributed by atoms with Crippen molar-refractivity contribution in [3.8, 4) is 10.7 Å². The minimum atomic E-state index is 0.0680. The summed E-state index contributed by atoms with van der Waals surface area (Å²) in [5, 5.41) is 9.25. The third-order valence-corrected chi connectivity index (χ3v) is 7.46. The van der Waals surface area contributed by atoms with Gasteiger partial charge < -0.3 is 9.84 Å². The van der Waals surface area contributed by atoms with Crippen LogP contribution in [0.5, 0.6) is 0 Å². The van der Waals surface area contributed by atoms with Crippen LogP contribution in [0.15, 0.2) is 46.3 Å². The second-order valence-corrected chi connectivity index (χ2v) is 10.0. The van der Waals surface area contributed by atoms with Crippen LogP contribution < -0.4 is 5.32 Å². The van der Waals surface area contributed by atoms with Crippen LogP contribution in [0.2, 0.25) is 0 Å². The lowest BCUT2D eigenvalue weighted by molar-refractivity contribution is -0.126. The van der Waals surface area contributed by atoms with Crippen LogP contribution >= 0.6 is 11.3 Å². The molecule has 1 amide bonds. The number of carbonyl (C=O) groups is 1. The molecule has 2 saturated heterocycles. The van der Waals surface area contributed by atoms with E-state index in [4.69, 9.17) is 4.52 Å². The van der Waals surface area contributed by atoms with E-state index < -0.39 is 0 Å². The Balaban J connectivity index is 1.06. The number of likely N-dealkylation sites (tertiary alicyclic amines) is 2. The molecule has 0 aliphatic carbocycles. The Hall–Kier alpha value is -2.55. The Morgan fingerprint density at radius 3 is 2.61 bits per heavy atom. The highest BCUT2D eigenvalue weighted by molar-refractivity contribution is 7.13. The molecule has 2 fully saturated rings. The van der Waals surface area contributed by atoms with Gasteiger partial charge in [0.25, 0.3) is 0 Å². The van der Waals surface area contributed by atoms with Gasteiger partial charge in [0.2, 0.25) is 17.6 Å². The summed E-state index contributed by atoms with van der Waals surface area (Å²) in [5.41, 5.74) is 2.51. The molecule has 174 valence electrons. The van der Waals surface area contributed by atoms with E-state index in [1.165, 1.54) is 37.1 Å². The van der Waals surface area contributed by atoms with E-state index in [-0.39, 0.29) is 11.8 Å². The summed E-state index contributed by atoms with van der Waals surface area (Å²) in [6.07, 6.45) is 4.32. The molecule has 0 unspecified atom stereocenters. The van der Waals surface area contributed by atoms with Crippen LogP contribution in [-0.4, -0.2) is 52.0 Å². The standard InChI is InChI=1S/C25H31N5O2S/c31-25(26-16-19-5-3-6-20(15-19)17-29-10-1-2-11-29)21-8-12-30(13-9-21)18-23-27-24(28-32-23)22-7-4-14-33-22/h3-7,14-15,21H,1-2,8-13,16-18H2,(H,26,31). The number of rotatable bonds is 8. The van der Waals surface area contributed by atoms with E-state index >= 15 is 0 Å². The SMILES string of the molecule is O=C(NCc1cccc(CN2CCCC2)c1)C1CCN(Cc2nc(-c3cccs3)no2)CC1. The monoisotopic (exact) mass is 465 g/mol. The second-order valence-electron chi connectivity index (χ2n) is 9.06. The fraction of sp³-hybridized carbons (Fsp3) is 0.480. The van der Waals surface area contributed by atoms with E-state index in [2.05, 4.69) is 49.5 Å². The van der Waals surface area contributed by atoms with Crippen molar-refractivity contribution in [2.45, 2.75) is 45.3 Å². The molecule has 3 aromatic rings. The lowest BCUT2D eigenvalue weighted by Crippen LogP contribution is -2.40. The van der Waals surface area contributed by atoms with E-state index in [0.29, 0.717) is 24.8 Å². The van der Waals surface area contributed by atoms with Crippen molar-refractivity contribution in [2.75, 3.05) is 26.2 Å². The summed E-state index contributed by atoms with van der Waals surface area (Å²) in [4.78, 5) is 23.1. The number of nitrogens with one attached hydrogen (secondary N) is 1. The predicted octanol–water partition coefficient (Wildman–Crippen LogP) is 3.92. The van der Waals surface area contributed by atoms with Gasteiger partial charge in [-0.05, 0) is 74.4 Å². The van der Waals surface area contributed by atoms with Gasteiger partial charge in [-0.3, -0.25) is 14.6 Å². The average Bonchev–Trinajstić information content (AvgIpc) is 3.61. The van der Waals surface area contributed by atoms with Crippen molar-refractivity contribution >= 4 is 17.2 Å². The van der Waals surface area contributed by atoms with Crippen LogP contribution in [-0.2, 0) is 24.4 Å². The topological polar surface area (TPSA) is 74.5 Å². The Morgan fingerprint density at radius 2 is 1.82 bits per heavy atom. The first-order chi connectivity index (χ1) is 16.2. The van der Waals surface area contributed by atoms with Crippen LogP contribution in [0.4, 0.5) is 0 Å². The fourth-order valence-corrected chi connectivity index (χ4v) is 5.39. The molecule has 4 heterocycles. The number of thiophene rings is 1. The molecule has 2 aliphatic rings. The summed E-state index contributed by atoms with van der Waals surface area (Å²) in [5.74, 6) is 1.52. The highest BCUT2D eigenvalue weighted by Crippen LogP contribution is 2.23. The zero-order valence-electron chi connectivity index (χ0n) is 18.9. The van der Waals surface area contributed by atoms with Gasteiger partial charge in [0, 0.05) is 19.0 Å². The van der Waals surface area contributed by atoms with Gasteiger partial charge in [-0.25, -0.2) is 0 Å². The minimum absolute atomic E-state index is 0.0680. The maximum absolute atomic E-state index is 12.8. The van der Waals surface area contributed by atoms with Crippen molar-refractivity contribution < 1.29 is 9.32 Å². The summed E-state index contributed by atoms with van der Waals surface area (Å²) < 4.78 is 5.43. The van der Waals surface area contributed by atoms with E-state index in [9.17, 15) is 4.79 Å². The third kappa shape index (κ3) is 5.88. The molecule has 2 aliphatic heterocycles. The quantitative estimate of drug-likeness (QED) is 0.544. The maximum Gasteiger partial charge on any atom is 0.241 e. The summed E-state index contributed by atoms with van der Waals surface area (Å²) in [6, 6.07) is 12.6. The Kier molecular flexibility index (Phi) is 7.14. The normalized spacial score (nSPS) is 18.1. The zero-order valence-corrected chi connectivity index (χ0v) is 19.7. The lowest BCUT2D eigenvalue weighted by atomic mass is 9.96. The van der Waals surface area contributed by atoms with Crippen molar-refractivity contribution in [1.82, 2.24) is 25.3 Å². The maximum atomic E-state index is 12.8. The van der Waals surface area contributed by atoms with Gasteiger partial charge in [0.15, 0.2) is 0 Å². The average molecular weight is 466 g/mol. The van der Waals surface area contributed by atoms with Crippen molar-refractivity contribution in [3.63, 3.8) is 0 Å². The summed E-state index contributed by atoms with van der Waals surface area (Å²) >= 11 is 1.60. The van der Waals surface area contributed by atoms with Crippen LogP contribution in [0.3, 0.4) is 0 Å². The number of amides is 1. The number of piperidine rings is 1. The molecule has 0 spiro atoms. The zero-order chi connectivity index (χ0) is 22.5. The second kappa shape index (κ2) is 10.6. The Labute approximate surface area is 198 Å². The third-order valence-electron chi connectivity index (χ3n) is 6.59. The summed E-state index contributed by atoms with van der Waals surface area (Å²) in [7, 11) is 0. The number of carbonyl (C=O) groups excluding carboxylic acids is 1. The predicted molar refractivity (Wildman–Crippen MR) is 128 cm³/mol. The highest BCUT2D eigenvalue weighted by atomic mass is 32.1. The number of hydrogen-bond donors (Lipinski definition) is 1. The van der Waals surface area contributed by atoms with Gasteiger partial charge in [-0.1, -0.05) is 35.5 Å². The fourth-order valence-electron chi connectivity index (χ4n) is 4.74. The van der Waals surface area contributed by atoms with Gasteiger partial charge in [0.05, 0.1) is 11.4 Å². The molecule has 0 saturated carbocycles. The number of aromatic nitrogens is 2. The van der Waals surface area contributed by atoms with Gasteiger partial charge in [-0.2, -0.15) is 4.98 Å². The number of benzene rings is 1. The summed E-state index contributed by atoms with van der Waals surface area (Å²) in [6.45, 7) is 6.36. The first-order valence-electron chi connectivity index (χ1n) is 11.9. The Morgan fingerprint density at radius 1 is 1.03 bits per heavy atom. The first kappa shape index (κ1) is 22.3. The van der Waals surface area contributed by atoms with Crippen molar-refractivity contribution in [3.05, 3.63) is 58.8 Å². The molecule has 5 rings (SSSR count). The molecule has 33 heavy (non-hydrogen) atoms. The molecular weight excluding hydrogens is 434 g/mol. The van der Waals surface area contributed by atoms with E-state index in [1.807, 2.05) is 17.5 Å². The van der Waals surface area contributed by atoms with Gasteiger partial charge >= 0.3 is 0 Å². The van der Waals surface area contributed by atoms with Crippen LogP contribution in [0, 0.1) is 5.92 Å². The molecular formula is C25H31N5O2S. The molecule has 0 radical (unpaired) electrons. The number of hydrogen-bond acceptors (Lipinski definition) is 7. The molecule has 8 heteroatoms.